The topological polar surface area (TPSA) is 82.6 Å². The predicted molar refractivity (Wildman–Crippen MR) is 129 cm³/mol. The van der Waals surface area contributed by atoms with Crippen LogP contribution in [-0.4, -0.2) is 39.3 Å². The molecule has 0 radical (unpaired) electrons. The third-order valence-corrected chi connectivity index (χ3v) is 5.96. The molecular weight excluding hydrogens is 416 g/mol. The summed E-state index contributed by atoms with van der Waals surface area (Å²) in [6, 6.07) is 14.1. The van der Waals surface area contributed by atoms with Crippen molar-refractivity contribution in [3.05, 3.63) is 71.4 Å². The molecule has 0 bridgehead atoms. The molecule has 172 valence electrons. The smallest absolute Gasteiger partial charge is 0.295 e. The van der Waals surface area contributed by atoms with Crippen molar-refractivity contribution in [1.29, 1.82) is 0 Å². The number of rotatable bonds is 8. The minimum Gasteiger partial charge on any atom is -0.507 e. The fourth-order valence-corrected chi connectivity index (χ4v) is 4.41. The van der Waals surface area contributed by atoms with Gasteiger partial charge in [-0.15, -0.1) is 0 Å². The first kappa shape index (κ1) is 22.6. The Bertz CT molecular complexity index is 1190. The molecule has 0 spiro atoms. The number of benzene rings is 2. The van der Waals surface area contributed by atoms with E-state index in [0.29, 0.717) is 17.9 Å². The predicted octanol–water partition coefficient (Wildman–Crippen LogP) is 5.57. The van der Waals surface area contributed by atoms with Crippen LogP contribution in [0.25, 0.3) is 16.7 Å². The highest BCUT2D eigenvalue weighted by atomic mass is 16.5. The molecule has 0 aliphatic carbocycles. The maximum atomic E-state index is 13.2. The Morgan fingerprint density at radius 1 is 1.09 bits per heavy atom. The van der Waals surface area contributed by atoms with Crippen LogP contribution in [0.5, 0.6) is 5.75 Å². The Hall–Kier alpha value is -3.54. The standard InChI is InChI=1S/C27H30N2O4/c1-4-5-8-15-29-24(21-16-28-22-10-7-6-9-20(21)22)23(26(31)27(29)32)25(30)18-11-13-19(14-12-18)33-17(2)3/h6-7,9-14,16-17,24,28,30H,4-5,8,15H2,1-3H3/b25-23+. The second-order valence-corrected chi connectivity index (χ2v) is 8.68. The summed E-state index contributed by atoms with van der Waals surface area (Å²) in [4.78, 5) is 31.1. The van der Waals surface area contributed by atoms with Gasteiger partial charge in [-0.1, -0.05) is 38.0 Å². The van der Waals surface area contributed by atoms with E-state index in [-0.39, 0.29) is 17.4 Å². The molecule has 0 saturated carbocycles. The molecule has 1 fully saturated rings. The zero-order chi connectivity index (χ0) is 23.5. The van der Waals surface area contributed by atoms with E-state index in [0.717, 1.165) is 35.7 Å². The molecular formula is C27H30N2O4. The van der Waals surface area contributed by atoms with E-state index >= 15 is 0 Å². The normalized spacial score (nSPS) is 17.9. The van der Waals surface area contributed by atoms with E-state index in [1.807, 2.05) is 44.3 Å². The second-order valence-electron chi connectivity index (χ2n) is 8.68. The number of H-pyrrole nitrogens is 1. The zero-order valence-electron chi connectivity index (χ0n) is 19.3. The fraction of sp³-hybridized carbons (Fsp3) is 0.333. The lowest BCUT2D eigenvalue weighted by atomic mass is 9.95. The number of ether oxygens (including phenoxy) is 1. The summed E-state index contributed by atoms with van der Waals surface area (Å²) in [6.07, 6.45) is 4.62. The van der Waals surface area contributed by atoms with E-state index in [4.69, 9.17) is 4.74 Å². The van der Waals surface area contributed by atoms with Crippen LogP contribution in [0.4, 0.5) is 0 Å². The van der Waals surface area contributed by atoms with Gasteiger partial charge in [-0.3, -0.25) is 9.59 Å². The lowest BCUT2D eigenvalue weighted by Crippen LogP contribution is -2.30. The molecule has 3 aromatic rings. The van der Waals surface area contributed by atoms with Crippen molar-refractivity contribution in [2.24, 2.45) is 0 Å². The molecule has 1 aliphatic rings. The van der Waals surface area contributed by atoms with Gasteiger partial charge in [-0.2, -0.15) is 0 Å². The molecule has 1 saturated heterocycles. The van der Waals surface area contributed by atoms with Gasteiger partial charge in [-0.05, 0) is 50.6 Å². The number of nitrogens with one attached hydrogen (secondary N) is 1. The molecule has 4 rings (SSSR count). The van der Waals surface area contributed by atoms with E-state index in [1.54, 1.807) is 29.2 Å². The number of aliphatic hydroxyl groups is 1. The Kier molecular flexibility index (Phi) is 6.54. The van der Waals surface area contributed by atoms with Gasteiger partial charge in [0.1, 0.15) is 11.5 Å². The van der Waals surface area contributed by atoms with Crippen molar-refractivity contribution in [2.75, 3.05) is 6.54 Å². The number of hydrogen-bond acceptors (Lipinski definition) is 4. The van der Waals surface area contributed by atoms with Gasteiger partial charge in [0.05, 0.1) is 17.7 Å². The molecule has 6 nitrogen and oxygen atoms in total. The van der Waals surface area contributed by atoms with Crippen LogP contribution in [0.15, 0.2) is 60.3 Å². The van der Waals surface area contributed by atoms with Gasteiger partial charge in [0.2, 0.25) is 0 Å². The van der Waals surface area contributed by atoms with Crippen molar-refractivity contribution in [3.63, 3.8) is 0 Å². The molecule has 1 amide bonds. The molecule has 1 aromatic heterocycles. The van der Waals surface area contributed by atoms with Crippen molar-refractivity contribution in [2.45, 2.75) is 52.2 Å². The maximum absolute atomic E-state index is 13.2. The number of carbonyl (C=O) groups excluding carboxylic acids is 2. The number of fused-ring (bicyclic) bond motifs is 1. The number of likely N-dealkylation sites (tertiary alicyclic amines) is 1. The average Bonchev–Trinajstić information content (AvgIpc) is 3.33. The Morgan fingerprint density at radius 2 is 1.82 bits per heavy atom. The van der Waals surface area contributed by atoms with Crippen molar-refractivity contribution >= 4 is 28.4 Å². The minimum absolute atomic E-state index is 0.0276. The van der Waals surface area contributed by atoms with Crippen LogP contribution < -0.4 is 4.74 Å². The molecule has 1 unspecified atom stereocenters. The first-order chi connectivity index (χ1) is 15.9. The molecule has 1 aliphatic heterocycles. The quantitative estimate of drug-likeness (QED) is 0.205. The van der Waals surface area contributed by atoms with E-state index in [9.17, 15) is 14.7 Å². The number of para-hydroxylation sites is 1. The van der Waals surface area contributed by atoms with Gasteiger partial charge >= 0.3 is 0 Å². The largest absolute Gasteiger partial charge is 0.507 e. The summed E-state index contributed by atoms with van der Waals surface area (Å²) < 4.78 is 5.68. The molecule has 2 N–H and O–H groups in total. The van der Waals surface area contributed by atoms with Crippen LogP contribution in [-0.2, 0) is 9.59 Å². The number of amides is 1. The van der Waals surface area contributed by atoms with Gasteiger partial charge < -0.3 is 19.7 Å². The summed E-state index contributed by atoms with van der Waals surface area (Å²) in [5, 5.41) is 12.2. The lowest BCUT2D eigenvalue weighted by Gasteiger charge is -2.25. The van der Waals surface area contributed by atoms with Crippen molar-refractivity contribution < 1.29 is 19.4 Å². The molecule has 6 heteroatoms. The molecule has 33 heavy (non-hydrogen) atoms. The SMILES string of the molecule is CCCCCN1C(=O)C(=O)/C(=C(/O)c2ccc(OC(C)C)cc2)C1c1c[nH]c2ccccc12. The Balaban J connectivity index is 1.81. The molecule has 2 heterocycles. The highest BCUT2D eigenvalue weighted by molar-refractivity contribution is 6.46. The highest BCUT2D eigenvalue weighted by Gasteiger charge is 2.46. The summed E-state index contributed by atoms with van der Waals surface area (Å²) in [6.45, 7) is 6.43. The van der Waals surface area contributed by atoms with Crippen LogP contribution in [0.3, 0.4) is 0 Å². The number of hydrogen-bond donors (Lipinski definition) is 2. The van der Waals surface area contributed by atoms with Crippen LogP contribution >= 0.6 is 0 Å². The number of carbonyl (C=O) groups is 2. The average molecular weight is 447 g/mol. The Morgan fingerprint density at radius 3 is 2.52 bits per heavy atom. The number of Topliss-reactive ketones (excluding diaryl/α,β-unsaturated/α-hetero) is 1. The molecule has 1 atom stereocenters. The van der Waals surface area contributed by atoms with E-state index in [2.05, 4.69) is 11.9 Å². The van der Waals surface area contributed by atoms with Crippen LogP contribution in [0.2, 0.25) is 0 Å². The number of aliphatic hydroxyl groups excluding tert-OH is 1. The fourth-order valence-electron chi connectivity index (χ4n) is 4.41. The second kappa shape index (κ2) is 9.53. The van der Waals surface area contributed by atoms with Crippen LogP contribution in [0.1, 0.15) is 57.2 Å². The summed E-state index contributed by atoms with van der Waals surface area (Å²) in [7, 11) is 0. The lowest BCUT2D eigenvalue weighted by molar-refractivity contribution is -0.139. The Labute approximate surface area is 193 Å². The van der Waals surface area contributed by atoms with Crippen molar-refractivity contribution in [3.8, 4) is 5.75 Å². The van der Waals surface area contributed by atoms with Gasteiger partial charge in [0.25, 0.3) is 11.7 Å². The number of aromatic nitrogens is 1. The number of ketones is 1. The van der Waals surface area contributed by atoms with E-state index in [1.165, 1.54) is 0 Å². The summed E-state index contributed by atoms with van der Waals surface area (Å²) in [5.74, 6) is -0.711. The van der Waals surface area contributed by atoms with E-state index < -0.39 is 17.7 Å². The monoisotopic (exact) mass is 446 g/mol. The van der Waals surface area contributed by atoms with Crippen LogP contribution in [0, 0.1) is 0 Å². The third kappa shape index (κ3) is 4.38. The summed E-state index contributed by atoms with van der Waals surface area (Å²) >= 11 is 0. The number of aromatic amines is 1. The highest BCUT2D eigenvalue weighted by Crippen LogP contribution is 2.42. The summed E-state index contributed by atoms with van der Waals surface area (Å²) in [5.41, 5.74) is 2.32. The van der Waals surface area contributed by atoms with Gasteiger partial charge in [0.15, 0.2) is 0 Å². The maximum Gasteiger partial charge on any atom is 0.295 e. The van der Waals surface area contributed by atoms with Gasteiger partial charge in [0, 0.05) is 34.8 Å². The number of nitrogens with zero attached hydrogens (tertiary/aromatic N) is 1. The first-order valence-electron chi connectivity index (χ1n) is 11.5. The third-order valence-electron chi connectivity index (χ3n) is 5.96. The first-order valence-corrected chi connectivity index (χ1v) is 11.5. The van der Waals surface area contributed by atoms with Crippen molar-refractivity contribution in [1.82, 2.24) is 9.88 Å². The molecule has 2 aromatic carbocycles. The number of unbranched alkanes of at least 4 members (excludes halogenated alkanes) is 2. The van der Waals surface area contributed by atoms with Gasteiger partial charge in [-0.25, -0.2) is 0 Å². The minimum atomic E-state index is -0.651. The zero-order valence-corrected chi connectivity index (χ0v) is 19.3.